The monoisotopic (exact) mass is 300 g/mol. The van der Waals surface area contributed by atoms with E-state index in [1.54, 1.807) is 0 Å². The number of benzene rings is 1. The third-order valence-electron chi connectivity index (χ3n) is 2.72. The first kappa shape index (κ1) is 18.7. The predicted molar refractivity (Wildman–Crippen MR) is 84.5 cm³/mol. The van der Waals surface area contributed by atoms with E-state index in [9.17, 15) is 4.79 Å². The first-order valence-electron chi connectivity index (χ1n) is 6.89. The van der Waals surface area contributed by atoms with Crippen molar-refractivity contribution in [2.24, 2.45) is 0 Å². The van der Waals surface area contributed by atoms with Crippen LogP contribution in [-0.4, -0.2) is 26.1 Å². The molecule has 1 amide bonds. The topological polar surface area (TPSA) is 50.4 Å². The molecule has 0 bridgehead atoms. The van der Waals surface area contributed by atoms with Gasteiger partial charge in [0.1, 0.15) is 5.75 Å². The maximum atomic E-state index is 11.5. The lowest BCUT2D eigenvalue weighted by molar-refractivity contribution is -0.121. The summed E-state index contributed by atoms with van der Waals surface area (Å²) < 4.78 is 5.51. The van der Waals surface area contributed by atoms with E-state index < -0.39 is 0 Å². The molecule has 0 aliphatic rings. The van der Waals surface area contributed by atoms with E-state index in [2.05, 4.69) is 17.6 Å². The van der Waals surface area contributed by atoms with Crippen LogP contribution in [0, 0.1) is 0 Å². The smallest absolute Gasteiger partial charge is 0.220 e. The Kier molecular flexibility index (Phi) is 10.8. The van der Waals surface area contributed by atoms with Gasteiger partial charge in [-0.3, -0.25) is 4.79 Å². The first-order valence-corrected chi connectivity index (χ1v) is 6.89. The van der Waals surface area contributed by atoms with Gasteiger partial charge in [0.15, 0.2) is 0 Å². The summed E-state index contributed by atoms with van der Waals surface area (Å²) in [4.78, 5) is 11.5. The molecule has 0 saturated carbocycles. The van der Waals surface area contributed by atoms with Crippen LogP contribution < -0.4 is 15.4 Å². The standard InChI is InChI=1S/C15H24N2O2.ClH/c1-3-11-19-14-8-6-13(7-9-14)12-17-15(18)5-4-10-16-2;/h6-9,16H,3-5,10-12H2,1-2H3,(H,17,18);1H. The van der Waals surface area contributed by atoms with Crippen molar-refractivity contribution in [3.63, 3.8) is 0 Å². The second-order valence-corrected chi connectivity index (χ2v) is 4.48. The Labute approximate surface area is 127 Å². The lowest BCUT2D eigenvalue weighted by Gasteiger charge is -2.07. The molecule has 2 N–H and O–H groups in total. The molecule has 0 aromatic heterocycles. The summed E-state index contributed by atoms with van der Waals surface area (Å²) in [7, 11) is 1.89. The largest absolute Gasteiger partial charge is 0.494 e. The minimum atomic E-state index is 0. The van der Waals surface area contributed by atoms with E-state index in [1.165, 1.54) is 0 Å². The Balaban J connectivity index is 0.00000361. The zero-order valence-electron chi connectivity index (χ0n) is 12.3. The maximum absolute atomic E-state index is 11.5. The Hall–Kier alpha value is -1.26. The van der Waals surface area contributed by atoms with Gasteiger partial charge in [-0.15, -0.1) is 12.4 Å². The highest BCUT2D eigenvalue weighted by Gasteiger charge is 2.01. The van der Waals surface area contributed by atoms with Gasteiger partial charge < -0.3 is 15.4 Å². The van der Waals surface area contributed by atoms with E-state index in [0.29, 0.717) is 13.0 Å². The van der Waals surface area contributed by atoms with Crippen LogP contribution in [0.2, 0.25) is 0 Å². The van der Waals surface area contributed by atoms with Crippen molar-refractivity contribution < 1.29 is 9.53 Å². The van der Waals surface area contributed by atoms with Crippen molar-refractivity contribution >= 4 is 18.3 Å². The van der Waals surface area contributed by atoms with Crippen LogP contribution in [0.5, 0.6) is 5.75 Å². The summed E-state index contributed by atoms with van der Waals surface area (Å²) >= 11 is 0. The zero-order valence-corrected chi connectivity index (χ0v) is 13.1. The number of carbonyl (C=O) groups excluding carboxylic acids is 1. The number of nitrogens with one attached hydrogen (secondary N) is 2. The van der Waals surface area contributed by atoms with Gasteiger partial charge in [-0.05, 0) is 44.1 Å². The molecule has 1 aromatic rings. The minimum Gasteiger partial charge on any atom is -0.494 e. The van der Waals surface area contributed by atoms with Crippen molar-refractivity contribution in [1.82, 2.24) is 10.6 Å². The molecular formula is C15H25ClN2O2. The fourth-order valence-corrected chi connectivity index (χ4v) is 1.64. The molecular weight excluding hydrogens is 276 g/mol. The molecule has 0 unspecified atom stereocenters. The molecule has 0 atom stereocenters. The van der Waals surface area contributed by atoms with E-state index >= 15 is 0 Å². The number of hydrogen-bond acceptors (Lipinski definition) is 3. The van der Waals surface area contributed by atoms with Crippen LogP contribution in [0.3, 0.4) is 0 Å². The number of carbonyl (C=O) groups is 1. The quantitative estimate of drug-likeness (QED) is 0.689. The first-order chi connectivity index (χ1) is 9.26. The Morgan fingerprint density at radius 2 is 1.95 bits per heavy atom. The third kappa shape index (κ3) is 8.02. The molecule has 20 heavy (non-hydrogen) atoms. The third-order valence-corrected chi connectivity index (χ3v) is 2.72. The molecule has 5 heteroatoms. The Morgan fingerprint density at radius 1 is 1.25 bits per heavy atom. The molecule has 0 saturated heterocycles. The number of ether oxygens (including phenoxy) is 1. The van der Waals surface area contributed by atoms with Crippen LogP contribution in [-0.2, 0) is 11.3 Å². The summed E-state index contributed by atoms with van der Waals surface area (Å²) in [5, 5.41) is 5.94. The highest BCUT2D eigenvalue weighted by molar-refractivity contribution is 5.85. The molecule has 0 heterocycles. The molecule has 0 aliphatic heterocycles. The van der Waals surface area contributed by atoms with Crippen molar-refractivity contribution in [3.8, 4) is 5.75 Å². The van der Waals surface area contributed by atoms with Gasteiger partial charge in [-0.2, -0.15) is 0 Å². The molecule has 1 rings (SSSR count). The molecule has 1 aromatic carbocycles. The number of halogens is 1. The van der Waals surface area contributed by atoms with Gasteiger partial charge in [0, 0.05) is 13.0 Å². The normalized spacial score (nSPS) is 9.70. The lowest BCUT2D eigenvalue weighted by Crippen LogP contribution is -2.23. The molecule has 0 fully saturated rings. The van der Waals surface area contributed by atoms with Gasteiger partial charge in [0.2, 0.25) is 5.91 Å². The predicted octanol–water partition coefficient (Wildman–Crippen LogP) is 2.51. The van der Waals surface area contributed by atoms with E-state index in [1.807, 2.05) is 31.3 Å². The fraction of sp³-hybridized carbons (Fsp3) is 0.533. The van der Waals surface area contributed by atoms with Gasteiger partial charge in [-0.25, -0.2) is 0 Å². The van der Waals surface area contributed by atoms with E-state index in [0.717, 1.165) is 37.3 Å². The van der Waals surface area contributed by atoms with Crippen molar-refractivity contribution in [1.29, 1.82) is 0 Å². The molecule has 0 aliphatic carbocycles. The van der Waals surface area contributed by atoms with Crippen LogP contribution in [0.4, 0.5) is 0 Å². The second-order valence-electron chi connectivity index (χ2n) is 4.48. The van der Waals surface area contributed by atoms with Gasteiger partial charge in [0.05, 0.1) is 6.61 Å². The van der Waals surface area contributed by atoms with Crippen molar-refractivity contribution in [3.05, 3.63) is 29.8 Å². The summed E-state index contributed by atoms with van der Waals surface area (Å²) in [5.41, 5.74) is 1.09. The molecule has 0 spiro atoms. The molecule has 114 valence electrons. The molecule has 0 radical (unpaired) electrons. The zero-order chi connectivity index (χ0) is 13.9. The van der Waals surface area contributed by atoms with Gasteiger partial charge in [-0.1, -0.05) is 19.1 Å². The van der Waals surface area contributed by atoms with Crippen molar-refractivity contribution in [2.45, 2.75) is 32.7 Å². The number of amides is 1. The minimum absolute atomic E-state index is 0. The summed E-state index contributed by atoms with van der Waals surface area (Å²) in [5.74, 6) is 0.979. The lowest BCUT2D eigenvalue weighted by atomic mass is 10.2. The summed E-state index contributed by atoms with van der Waals surface area (Å²) in [6.45, 7) is 4.27. The van der Waals surface area contributed by atoms with Crippen LogP contribution >= 0.6 is 12.4 Å². The van der Waals surface area contributed by atoms with E-state index in [-0.39, 0.29) is 18.3 Å². The van der Waals surface area contributed by atoms with Crippen LogP contribution in [0.25, 0.3) is 0 Å². The summed E-state index contributed by atoms with van der Waals surface area (Å²) in [6.07, 6.45) is 2.44. The number of rotatable bonds is 9. The number of hydrogen-bond donors (Lipinski definition) is 2. The highest BCUT2D eigenvalue weighted by Crippen LogP contribution is 2.12. The maximum Gasteiger partial charge on any atom is 0.220 e. The van der Waals surface area contributed by atoms with Gasteiger partial charge in [0.25, 0.3) is 0 Å². The average Bonchev–Trinajstić information content (AvgIpc) is 2.44. The van der Waals surface area contributed by atoms with E-state index in [4.69, 9.17) is 4.74 Å². The second kappa shape index (κ2) is 11.6. The Morgan fingerprint density at radius 3 is 2.55 bits per heavy atom. The summed E-state index contributed by atoms with van der Waals surface area (Å²) in [6, 6.07) is 7.86. The van der Waals surface area contributed by atoms with Crippen molar-refractivity contribution in [2.75, 3.05) is 20.2 Å². The van der Waals surface area contributed by atoms with Gasteiger partial charge >= 0.3 is 0 Å². The molecule has 4 nitrogen and oxygen atoms in total. The highest BCUT2D eigenvalue weighted by atomic mass is 35.5. The van der Waals surface area contributed by atoms with Crippen LogP contribution in [0.15, 0.2) is 24.3 Å². The Bertz CT molecular complexity index is 369. The SMILES string of the molecule is CCCOc1ccc(CNC(=O)CCCNC)cc1.Cl. The fourth-order valence-electron chi connectivity index (χ4n) is 1.64. The van der Waals surface area contributed by atoms with Crippen LogP contribution in [0.1, 0.15) is 31.7 Å². The average molecular weight is 301 g/mol.